The lowest BCUT2D eigenvalue weighted by atomic mass is 9.97. The van der Waals surface area contributed by atoms with Crippen LogP contribution in [0.15, 0.2) is 36.6 Å². The first kappa shape index (κ1) is 13.1. The van der Waals surface area contributed by atoms with Crippen molar-refractivity contribution in [2.75, 3.05) is 0 Å². The number of hydrogen-bond donors (Lipinski definition) is 0. The van der Waals surface area contributed by atoms with Crippen molar-refractivity contribution in [3.8, 4) is 0 Å². The maximum Gasteiger partial charge on any atom is 0.128 e. The van der Waals surface area contributed by atoms with Crippen molar-refractivity contribution < 1.29 is 4.74 Å². The maximum atomic E-state index is 5.97. The molecule has 0 radical (unpaired) electrons. The molecule has 0 spiro atoms. The first-order valence-corrected chi connectivity index (χ1v) is 5.84. The van der Waals surface area contributed by atoms with Crippen LogP contribution < -0.4 is 0 Å². The molecule has 16 heavy (non-hydrogen) atoms. The Balaban J connectivity index is 2.89. The molecule has 0 aliphatic rings. The van der Waals surface area contributed by atoms with Gasteiger partial charge >= 0.3 is 0 Å². The Kier molecular flexibility index (Phi) is 4.03. The van der Waals surface area contributed by atoms with Crippen LogP contribution in [0.3, 0.4) is 0 Å². The third kappa shape index (κ3) is 3.28. The third-order valence-corrected chi connectivity index (χ3v) is 2.79. The van der Waals surface area contributed by atoms with Crippen molar-refractivity contribution in [2.45, 2.75) is 33.3 Å². The number of benzene rings is 1. The molecule has 1 aromatic carbocycles. The van der Waals surface area contributed by atoms with Gasteiger partial charge in [-0.05, 0) is 31.5 Å². The van der Waals surface area contributed by atoms with Gasteiger partial charge in [0.05, 0.1) is 5.76 Å². The molecule has 0 fully saturated rings. The minimum Gasteiger partial charge on any atom is -0.488 e. The second-order valence-electron chi connectivity index (χ2n) is 4.74. The van der Waals surface area contributed by atoms with Crippen LogP contribution in [0.25, 0.3) is 0 Å². The summed E-state index contributed by atoms with van der Waals surface area (Å²) in [6.45, 7) is 12.1. The van der Waals surface area contributed by atoms with E-state index in [4.69, 9.17) is 16.3 Å². The lowest BCUT2D eigenvalue weighted by Gasteiger charge is -2.29. The number of allylic oxidation sites excluding steroid dienone is 1. The highest BCUT2D eigenvalue weighted by atomic mass is 35.5. The summed E-state index contributed by atoms with van der Waals surface area (Å²) in [6.07, 6.45) is 0. The van der Waals surface area contributed by atoms with E-state index in [2.05, 4.69) is 20.4 Å². The molecule has 0 aliphatic heterocycles. The van der Waals surface area contributed by atoms with Crippen molar-refractivity contribution in [1.82, 2.24) is 0 Å². The minimum absolute atomic E-state index is 0.318. The van der Waals surface area contributed by atoms with Gasteiger partial charge in [0.25, 0.3) is 0 Å². The van der Waals surface area contributed by atoms with Gasteiger partial charge in [-0.2, -0.15) is 0 Å². The normalized spacial score (nSPS) is 11.6. The summed E-state index contributed by atoms with van der Waals surface area (Å²) < 4.78 is 5.89. The van der Waals surface area contributed by atoms with E-state index in [1.165, 1.54) is 0 Å². The largest absolute Gasteiger partial charge is 0.488 e. The molecule has 0 amide bonds. The van der Waals surface area contributed by atoms with Gasteiger partial charge in [-0.3, -0.25) is 0 Å². The van der Waals surface area contributed by atoms with E-state index in [9.17, 15) is 0 Å². The summed E-state index contributed by atoms with van der Waals surface area (Å²) in [4.78, 5) is 0. The van der Waals surface area contributed by atoms with Crippen LogP contribution >= 0.6 is 11.6 Å². The van der Waals surface area contributed by atoms with Gasteiger partial charge in [0, 0.05) is 10.9 Å². The minimum atomic E-state index is -0.397. The van der Waals surface area contributed by atoms with Gasteiger partial charge in [0.2, 0.25) is 0 Å². The lowest BCUT2D eigenvalue weighted by molar-refractivity contribution is 0.0191. The highest BCUT2D eigenvalue weighted by Crippen LogP contribution is 2.30. The summed E-state index contributed by atoms with van der Waals surface area (Å²) in [5, 5.41) is 0.726. The van der Waals surface area contributed by atoms with Gasteiger partial charge < -0.3 is 4.74 Å². The van der Waals surface area contributed by atoms with E-state index >= 15 is 0 Å². The second-order valence-corrected chi connectivity index (χ2v) is 5.18. The van der Waals surface area contributed by atoms with Gasteiger partial charge in [-0.1, -0.05) is 44.2 Å². The average Bonchev–Trinajstić information content (AvgIpc) is 2.17. The molecule has 88 valence electrons. The lowest BCUT2D eigenvalue weighted by Crippen LogP contribution is -2.22. The van der Waals surface area contributed by atoms with Crippen LogP contribution in [0.2, 0.25) is 5.02 Å². The molecule has 1 aromatic rings. The molecule has 0 heterocycles. The first-order valence-electron chi connectivity index (χ1n) is 5.47. The van der Waals surface area contributed by atoms with Crippen LogP contribution in [-0.4, -0.2) is 0 Å². The molecule has 0 atom stereocenters. The monoisotopic (exact) mass is 238 g/mol. The fraction of sp³-hybridized carbons (Fsp3) is 0.429. The topological polar surface area (TPSA) is 9.23 Å². The van der Waals surface area contributed by atoms with Crippen molar-refractivity contribution in [3.63, 3.8) is 0 Å². The van der Waals surface area contributed by atoms with Crippen molar-refractivity contribution in [1.29, 1.82) is 0 Å². The molecule has 0 aromatic heterocycles. The molecular weight excluding hydrogens is 220 g/mol. The summed E-state index contributed by atoms with van der Waals surface area (Å²) in [5.41, 5.74) is 0.661. The molecule has 0 saturated heterocycles. The number of rotatable bonds is 4. The Bertz CT molecular complexity index is 380. The Hall–Kier alpha value is -0.950. The smallest absolute Gasteiger partial charge is 0.128 e. The third-order valence-electron chi connectivity index (χ3n) is 2.55. The molecule has 0 bridgehead atoms. The van der Waals surface area contributed by atoms with Crippen LogP contribution in [-0.2, 0) is 10.3 Å². The van der Waals surface area contributed by atoms with Gasteiger partial charge in [-0.15, -0.1) is 0 Å². The summed E-state index contributed by atoms with van der Waals surface area (Å²) in [7, 11) is 0. The van der Waals surface area contributed by atoms with E-state index in [1.807, 2.05) is 38.1 Å². The van der Waals surface area contributed by atoms with E-state index in [1.54, 1.807) is 0 Å². The number of ether oxygens (including phenoxy) is 1. The van der Waals surface area contributed by atoms with Gasteiger partial charge in [0.15, 0.2) is 0 Å². The zero-order chi connectivity index (χ0) is 12.3. The standard InChI is InChI=1S/C14H19ClO/c1-10(2)11(3)16-14(4,5)12-7-6-8-13(15)9-12/h6-10H,3H2,1-2,4-5H3. The quantitative estimate of drug-likeness (QED) is 0.687. The first-order chi connectivity index (χ1) is 7.33. The van der Waals surface area contributed by atoms with E-state index in [0.717, 1.165) is 16.3 Å². The Morgan fingerprint density at radius 1 is 1.38 bits per heavy atom. The van der Waals surface area contributed by atoms with Crippen molar-refractivity contribution in [2.24, 2.45) is 5.92 Å². The Morgan fingerprint density at radius 3 is 2.50 bits per heavy atom. The summed E-state index contributed by atoms with van der Waals surface area (Å²) in [5.74, 6) is 1.11. The van der Waals surface area contributed by atoms with Crippen molar-refractivity contribution in [3.05, 3.63) is 47.2 Å². The molecule has 0 aliphatic carbocycles. The van der Waals surface area contributed by atoms with E-state index in [-0.39, 0.29) is 0 Å². The average molecular weight is 239 g/mol. The van der Waals surface area contributed by atoms with Crippen LogP contribution in [0, 0.1) is 5.92 Å². The molecule has 0 unspecified atom stereocenters. The van der Waals surface area contributed by atoms with E-state index in [0.29, 0.717) is 5.92 Å². The maximum absolute atomic E-state index is 5.97. The molecule has 0 saturated carbocycles. The molecule has 1 rings (SSSR count). The van der Waals surface area contributed by atoms with Gasteiger partial charge in [0.1, 0.15) is 5.60 Å². The second kappa shape index (κ2) is 4.92. The zero-order valence-corrected chi connectivity index (χ0v) is 11.1. The fourth-order valence-electron chi connectivity index (χ4n) is 1.37. The summed E-state index contributed by atoms with van der Waals surface area (Å²) in [6, 6.07) is 7.73. The summed E-state index contributed by atoms with van der Waals surface area (Å²) >= 11 is 5.97. The van der Waals surface area contributed by atoms with Crippen LogP contribution in [0.4, 0.5) is 0 Å². The number of halogens is 1. The van der Waals surface area contributed by atoms with Crippen LogP contribution in [0.5, 0.6) is 0 Å². The zero-order valence-electron chi connectivity index (χ0n) is 10.4. The highest BCUT2D eigenvalue weighted by molar-refractivity contribution is 6.30. The predicted octanol–water partition coefficient (Wildman–Crippen LogP) is 4.76. The van der Waals surface area contributed by atoms with E-state index < -0.39 is 5.60 Å². The van der Waals surface area contributed by atoms with Crippen molar-refractivity contribution >= 4 is 11.6 Å². The predicted molar refractivity (Wildman–Crippen MR) is 69.5 cm³/mol. The fourth-order valence-corrected chi connectivity index (χ4v) is 1.56. The molecule has 2 heteroatoms. The SMILES string of the molecule is C=C(OC(C)(C)c1cccc(Cl)c1)C(C)C. The molecule has 0 N–H and O–H groups in total. The molecular formula is C14H19ClO. The molecule has 1 nitrogen and oxygen atoms in total. The Morgan fingerprint density at radius 2 is 2.00 bits per heavy atom. The number of hydrogen-bond acceptors (Lipinski definition) is 1. The van der Waals surface area contributed by atoms with Crippen LogP contribution in [0.1, 0.15) is 33.3 Å². The Labute approximate surface area is 103 Å². The van der Waals surface area contributed by atoms with Gasteiger partial charge in [-0.25, -0.2) is 0 Å². The highest BCUT2D eigenvalue weighted by Gasteiger charge is 2.23.